The Labute approximate surface area is 193 Å². The molecule has 1 saturated heterocycles. The van der Waals surface area contributed by atoms with Gasteiger partial charge in [0.25, 0.3) is 5.91 Å². The van der Waals surface area contributed by atoms with Gasteiger partial charge in [0, 0.05) is 31.7 Å². The summed E-state index contributed by atoms with van der Waals surface area (Å²) in [6.07, 6.45) is 4.60. The second-order valence-corrected chi connectivity index (χ2v) is 10.3. The van der Waals surface area contributed by atoms with Crippen LogP contribution in [0.4, 0.5) is 0 Å². The van der Waals surface area contributed by atoms with E-state index in [0.29, 0.717) is 30.2 Å². The smallest absolute Gasteiger partial charge is 0.254 e. The van der Waals surface area contributed by atoms with E-state index < -0.39 is 10.0 Å². The molecule has 0 unspecified atom stereocenters. The molecule has 7 nitrogen and oxygen atoms in total. The molecule has 32 heavy (non-hydrogen) atoms. The fourth-order valence-electron chi connectivity index (χ4n) is 4.19. The highest BCUT2D eigenvalue weighted by Gasteiger charge is 2.32. The summed E-state index contributed by atoms with van der Waals surface area (Å²) in [6.45, 7) is 1.01. The molecule has 0 spiro atoms. The average molecular weight is 479 g/mol. The molecule has 1 heterocycles. The standard InChI is InChI=1S/C23H27ClN2O5S/c1-30-21-16-17(10-11-20(21)31-18-6-2-3-7-18)23(27)25-12-14-26(15-13-25)32(28,29)22-9-5-4-8-19(22)24/h4-5,8-11,16,18H,2-3,6-7,12-15H2,1H3. The van der Waals surface area contributed by atoms with Crippen LogP contribution in [-0.4, -0.2) is 62.9 Å². The van der Waals surface area contributed by atoms with Gasteiger partial charge in [0.2, 0.25) is 10.0 Å². The Morgan fingerprint density at radius 3 is 2.34 bits per heavy atom. The highest BCUT2D eigenvalue weighted by Crippen LogP contribution is 2.33. The second-order valence-electron chi connectivity index (χ2n) is 8.02. The minimum absolute atomic E-state index is 0.0871. The fraction of sp³-hybridized carbons (Fsp3) is 0.435. The Morgan fingerprint density at radius 2 is 1.69 bits per heavy atom. The van der Waals surface area contributed by atoms with Gasteiger partial charge in [-0.2, -0.15) is 4.31 Å². The first-order valence-electron chi connectivity index (χ1n) is 10.8. The van der Waals surface area contributed by atoms with Crippen molar-refractivity contribution in [3.63, 3.8) is 0 Å². The molecule has 0 radical (unpaired) electrons. The van der Waals surface area contributed by atoms with Crippen molar-refractivity contribution < 1.29 is 22.7 Å². The van der Waals surface area contributed by atoms with Crippen molar-refractivity contribution in [3.05, 3.63) is 53.1 Å². The Bertz CT molecular complexity index is 1080. The van der Waals surface area contributed by atoms with Crippen molar-refractivity contribution in [3.8, 4) is 11.5 Å². The van der Waals surface area contributed by atoms with Crippen LogP contribution < -0.4 is 9.47 Å². The lowest BCUT2D eigenvalue weighted by molar-refractivity contribution is 0.0697. The molecule has 172 valence electrons. The first-order chi connectivity index (χ1) is 15.4. The number of carbonyl (C=O) groups excluding carboxylic acids is 1. The zero-order valence-electron chi connectivity index (χ0n) is 18.0. The molecule has 0 aromatic heterocycles. The monoisotopic (exact) mass is 478 g/mol. The molecule has 1 aliphatic carbocycles. The first-order valence-corrected chi connectivity index (χ1v) is 12.6. The third-order valence-electron chi connectivity index (χ3n) is 5.99. The number of hydrogen-bond donors (Lipinski definition) is 0. The lowest BCUT2D eigenvalue weighted by Gasteiger charge is -2.34. The number of nitrogens with zero attached hydrogens (tertiary/aromatic N) is 2. The molecule has 1 aliphatic heterocycles. The highest BCUT2D eigenvalue weighted by atomic mass is 35.5. The molecule has 1 saturated carbocycles. The summed E-state index contributed by atoms with van der Waals surface area (Å²) < 4.78 is 38.7. The quantitative estimate of drug-likeness (QED) is 0.631. The third-order valence-corrected chi connectivity index (χ3v) is 8.39. The summed E-state index contributed by atoms with van der Waals surface area (Å²) in [7, 11) is -2.15. The Kier molecular flexibility index (Phi) is 6.93. The number of carbonyl (C=O) groups is 1. The number of ether oxygens (including phenoxy) is 2. The summed E-state index contributed by atoms with van der Waals surface area (Å²) >= 11 is 6.09. The van der Waals surface area contributed by atoms with Crippen LogP contribution >= 0.6 is 11.6 Å². The number of halogens is 1. The minimum atomic E-state index is -3.71. The van der Waals surface area contributed by atoms with E-state index in [0.717, 1.165) is 12.8 Å². The zero-order valence-corrected chi connectivity index (χ0v) is 19.6. The van der Waals surface area contributed by atoms with E-state index in [4.69, 9.17) is 21.1 Å². The van der Waals surface area contributed by atoms with Gasteiger partial charge in [0.05, 0.1) is 18.2 Å². The van der Waals surface area contributed by atoms with Crippen molar-refractivity contribution in [2.45, 2.75) is 36.7 Å². The number of sulfonamides is 1. The summed E-state index contributed by atoms with van der Waals surface area (Å²) in [5.41, 5.74) is 0.489. The topological polar surface area (TPSA) is 76.2 Å². The van der Waals surface area contributed by atoms with Crippen LogP contribution in [0.3, 0.4) is 0 Å². The largest absolute Gasteiger partial charge is 0.493 e. The number of hydrogen-bond acceptors (Lipinski definition) is 5. The normalized spacial score (nSPS) is 18.0. The van der Waals surface area contributed by atoms with Gasteiger partial charge in [-0.05, 0) is 56.0 Å². The third kappa shape index (κ3) is 4.72. The van der Waals surface area contributed by atoms with Gasteiger partial charge in [-0.15, -0.1) is 0 Å². The van der Waals surface area contributed by atoms with Gasteiger partial charge in [0.1, 0.15) is 4.90 Å². The predicted octanol–water partition coefficient (Wildman–Crippen LogP) is 3.82. The fourth-order valence-corrected chi connectivity index (χ4v) is 6.11. The molecule has 0 bridgehead atoms. The number of piperazine rings is 1. The molecule has 0 atom stereocenters. The van der Waals surface area contributed by atoms with E-state index in [2.05, 4.69) is 0 Å². The molecule has 0 N–H and O–H groups in total. The Morgan fingerprint density at radius 1 is 1.00 bits per heavy atom. The number of methoxy groups -OCH3 is 1. The van der Waals surface area contributed by atoms with Crippen molar-refractivity contribution >= 4 is 27.5 Å². The van der Waals surface area contributed by atoms with Gasteiger partial charge in [-0.25, -0.2) is 8.42 Å². The van der Waals surface area contributed by atoms with Crippen LogP contribution in [0.15, 0.2) is 47.4 Å². The van der Waals surface area contributed by atoms with Gasteiger partial charge < -0.3 is 14.4 Å². The van der Waals surface area contributed by atoms with Crippen molar-refractivity contribution in [1.82, 2.24) is 9.21 Å². The maximum Gasteiger partial charge on any atom is 0.254 e. The van der Waals surface area contributed by atoms with Crippen molar-refractivity contribution in [2.75, 3.05) is 33.3 Å². The maximum atomic E-state index is 13.0. The SMILES string of the molecule is COc1cc(C(=O)N2CCN(S(=O)(=O)c3ccccc3Cl)CC2)ccc1OC1CCCC1. The van der Waals surface area contributed by atoms with E-state index in [1.807, 2.05) is 0 Å². The molecule has 9 heteroatoms. The van der Waals surface area contributed by atoms with E-state index in [9.17, 15) is 13.2 Å². The number of amides is 1. The van der Waals surface area contributed by atoms with E-state index in [1.54, 1.807) is 48.4 Å². The van der Waals surface area contributed by atoms with E-state index >= 15 is 0 Å². The van der Waals surface area contributed by atoms with Crippen LogP contribution in [0.5, 0.6) is 11.5 Å². The van der Waals surface area contributed by atoms with Crippen LogP contribution in [0.1, 0.15) is 36.0 Å². The number of rotatable bonds is 6. The van der Waals surface area contributed by atoms with Gasteiger partial charge in [0.15, 0.2) is 11.5 Å². The lowest BCUT2D eigenvalue weighted by atomic mass is 10.1. The van der Waals surface area contributed by atoms with Gasteiger partial charge >= 0.3 is 0 Å². The summed E-state index contributed by atoms with van der Waals surface area (Å²) in [6, 6.07) is 11.6. The Balaban J connectivity index is 1.42. The van der Waals surface area contributed by atoms with Gasteiger partial charge in [-0.1, -0.05) is 23.7 Å². The maximum absolute atomic E-state index is 13.0. The van der Waals surface area contributed by atoms with Crippen LogP contribution in [0.2, 0.25) is 5.02 Å². The number of benzene rings is 2. The minimum Gasteiger partial charge on any atom is -0.493 e. The van der Waals surface area contributed by atoms with Crippen LogP contribution in [0.25, 0.3) is 0 Å². The van der Waals surface area contributed by atoms with E-state index in [1.165, 1.54) is 23.2 Å². The van der Waals surface area contributed by atoms with Crippen LogP contribution in [0, 0.1) is 0 Å². The first kappa shape index (κ1) is 22.9. The molecule has 1 amide bonds. The van der Waals surface area contributed by atoms with Crippen molar-refractivity contribution in [2.24, 2.45) is 0 Å². The average Bonchev–Trinajstić information content (AvgIpc) is 3.32. The summed E-state index contributed by atoms with van der Waals surface area (Å²) in [5.74, 6) is 1.01. The Hall–Kier alpha value is -2.29. The molecular weight excluding hydrogens is 452 g/mol. The van der Waals surface area contributed by atoms with Gasteiger partial charge in [-0.3, -0.25) is 4.79 Å². The molecule has 2 aromatic carbocycles. The molecule has 4 rings (SSSR count). The lowest BCUT2D eigenvalue weighted by Crippen LogP contribution is -2.50. The highest BCUT2D eigenvalue weighted by molar-refractivity contribution is 7.89. The van der Waals surface area contributed by atoms with E-state index in [-0.39, 0.29) is 35.0 Å². The zero-order chi connectivity index (χ0) is 22.7. The van der Waals surface area contributed by atoms with Crippen LogP contribution in [-0.2, 0) is 10.0 Å². The summed E-state index contributed by atoms with van der Waals surface area (Å²) in [5, 5.41) is 0.193. The second kappa shape index (κ2) is 9.68. The molecule has 2 aliphatic rings. The molecule has 2 fully saturated rings. The molecule has 2 aromatic rings. The summed E-state index contributed by atoms with van der Waals surface area (Å²) in [4.78, 5) is 14.8. The predicted molar refractivity (Wildman–Crippen MR) is 122 cm³/mol. The molecular formula is C23H27ClN2O5S. The van der Waals surface area contributed by atoms with Crippen molar-refractivity contribution in [1.29, 1.82) is 0 Å².